The van der Waals surface area contributed by atoms with Gasteiger partial charge in [-0.2, -0.15) is 13.2 Å². The number of aromatic nitrogens is 2. The number of nitrogens with one attached hydrogen (secondary N) is 1. The van der Waals surface area contributed by atoms with Crippen LogP contribution < -0.4 is 10.1 Å². The van der Waals surface area contributed by atoms with Gasteiger partial charge in [0.2, 0.25) is 5.88 Å². The van der Waals surface area contributed by atoms with Crippen molar-refractivity contribution in [2.75, 3.05) is 6.54 Å². The molecule has 0 unspecified atom stereocenters. The number of nitrogens with zero attached hydrogens (tertiary/aromatic N) is 2. The first-order valence-corrected chi connectivity index (χ1v) is 6.36. The summed E-state index contributed by atoms with van der Waals surface area (Å²) in [5.74, 6) is -0.262. The van der Waals surface area contributed by atoms with E-state index in [1.807, 2.05) is 6.92 Å². The van der Waals surface area contributed by atoms with Crippen LogP contribution in [0.25, 0.3) is 0 Å². The number of hydrogen-bond acceptors (Lipinski definition) is 4. The van der Waals surface area contributed by atoms with Gasteiger partial charge in [-0.05, 0) is 18.7 Å². The van der Waals surface area contributed by atoms with Crippen LogP contribution in [0.2, 0.25) is 0 Å². The van der Waals surface area contributed by atoms with Crippen molar-refractivity contribution >= 4 is 0 Å². The first kappa shape index (κ1) is 15.2. The second-order valence-corrected chi connectivity index (χ2v) is 4.22. The van der Waals surface area contributed by atoms with Crippen LogP contribution in [0.4, 0.5) is 13.2 Å². The predicted octanol–water partition coefficient (Wildman–Crippen LogP) is 3.40. The summed E-state index contributed by atoms with van der Waals surface area (Å²) >= 11 is 0. The Balaban J connectivity index is 2.23. The average Bonchev–Trinajstić information content (AvgIpc) is 2.45. The molecule has 21 heavy (non-hydrogen) atoms. The highest BCUT2D eigenvalue weighted by atomic mass is 19.4. The van der Waals surface area contributed by atoms with Crippen LogP contribution in [0, 0.1) is 0 Å². The fourth-order valence-electron chi connectivity index (χ4n) is 1.68. The van der Waals surface area contributed by atoms with E-state index in [1.165, 1.54) is 30.6 Å². The third-order valence-electron chi connectivity index (χ3n) is 2.63. The Morgan fingerprint density at radius 2 is 1.95 bits per heavy atom. The Bertz CT molecular complexity index is 602. The Kier molecular flexibility index (Phi) is 4.74. The lowest BCUT2D eigenvalue weighted by molar-refractivity contribution is -0.138. The summed E-state index contributed by atoms with van der Waals surface area (Å²) in [6.07, 6.45) is -1.67. The highest BCUT2D eigenvalue weighted by Gasteiger charge is 2.34. The molecule has 0 amide bonds. The summed E-state index contributed by atoms with van der Waals surface area (Å²) in [6, 6.07) is 5.00. The minimum Gasteiger partial charge on any atom is -0.437 e. The van der Waals surface area contributed by atoms with Crippen LogP contribution in [0.3, 0.4) is 0 Å². The van der Waals surface area contributed by atoms with E-state index in [-0.39, 0.29) is 11.6 Å². The number of alkyl halides is 3. The third-order valence-corrected chi connectivity index (χ3v) is 2.63. The molecule has 0 saturated heterocycles. The molecule has 1 N–H and O–H groups in total. The molecule has 2 rings (SSSR count). The second-order valence-electron chi connectivity index (χ2n) is 4.22. The van der Waals surface area contributed by atoms with Crippen LogP contribution in [-0.4, -0.2) is 16.5 Å². The van der Waals surface area contributed by atoms with Gasteiger partial charge < -0.3 is 10.1 Å². The van der Waals surface area contributed by atoms with Crippen molar-refractivity contribution in [1.82, 2.24) is 15.3 Å². The van der Waals surface area contributed by atoms with Gasteiger partial charge in [0.15, 0.2) is 0 Å². The van der Waals surface area contributed by atoms with Gasteiger partial charge in [0, 0.05) is 12.7 Å². The number of hydrogen-bond donors (Lipinski definition) is 1. The van der Waals surface area contributed by atoms with Gasteiger partial charge in [0.1, 0.15) is 5.75 Å². The van der Waals surface area contributed by atoms with E-state index >= 15 is 0 Å². The van der Waals surface area contributed by atoms with E-state index < -0.39 is 11.7 Å². The molecule has 0 fully saturated rings. The predicted molar refractivity (Wildman–Crippen MR) is 70.9 cm³/mol. The van der Waals surface area contributed by atoms with Crippen LogP contribution in [0.5, 0.6) is 11.6 Å². The highest BCUT2D eigenvalue weighted by Crippen LogP contribution is 2.37. The van der Waals surface area contributed by atoms with Gasteiger partial charge in [-0.15, -0.1) is 0 Å². The van der Waals surface area contributed by atoms with Crippen LogP contribution in [0.15, 0.2) is 36.7 Å². The zero-order valence-electron chi connectivity index (χ0n) is 11.3. The molecule has 1 heterocycles. The van der Waals surface area contributed by atoms with Gasteiger partial charge in [-0.25, -0.2) is 4.98 Å². The lowest BCUT2D eigenvalue weighted by Crippen LogP contribution is -2.13. The fourth-order valence-corrected chi connectivity index (χ4v) is 1.68. The van der Waals surface area contributed by atoms with E-state index in [2.05, 4.69) is 15.3 Å². The van der Waals surface area contributed by atoms with E-state index in [0.717, 1.165) is 12.6 Å². The maximum atomic E-state index is 12.9. The summed E-state index contributed by atoms with van der Waals surface area (Å²) in [4.78, 5) is 8.03. The number of para-hydroxylation sites is 1. The highest BCUT2D eigenvalue weighted by molar-refractivity contribution is 5.37. The van der Waals surface area contributed by atoms with Crippen LogP contribution in [0.1, 0.15) is 18.2 Å². The van der Waals surface area contributed by atoms with Crippen molar-refractivity contribution in [1.29, 1.82) is 0 Å². The van der Waals surface area contributed by atoms with Crippen molar-refractivity contribution in [2.45, 2.75) is 19.6 Å². The van der Waals surface area contributed by atoms with Gasteiger partial charge >= 0.3 is 6.18 Å². The Labute approximate surface area is 120 Å². The Morgan fingerprint density at radius 1 is 1.19 bits per heavy atom. The summed E-state index contributed by atoms with van der Waals surface area (Å²) in [6.45, 7) is 3.17. The van der Waals surface area contributed by atoms with Crippen molar-refractivity contribution in [2.24, 2.45) is 0 Å². The molecular weight excluding hydrogens is 283 g/mol. The zero-order chi connectivity index (χ0) is 15.3. The molecule has 7 heteroatoms. The van der Waals surface area contributed by atoms with E-state index in [9.17, 15) is 13.2 Å². The lowest BCUT2D eigenvalue weighted by atomic mass is 10.2. The largest absolute Gasteiger partial charge is 0.437 e. The molecule has 0 atom stereocenters. The molecule has 0 aliphatic heterocycles. The fraction of sp³-hybridized carbons (Fsp3) is 0.286. The van der Waals surface area contributed by atoms with Crippen molar-refractivity contribution < 1.29 is 17.9 Å². The van der Waals surface area contributed by atoms with Crippen molar-refractivity contribution in [3.05, 3.63) is 47.9 Å². The van der Waals surface area contributed by atoms with E-state index in [0.29, 0.717) is 12.2 Å². The van der Waals surface area contributed by atoms with E-state index in [1.54, 1.807) is 0 Å². The maximum Gasteiger partial charge on any atom is 0.419 e. The molecule has 4 nitrogen and oxygen atoms in total. The normalized spacial score (nSPS) is 11.4. The minimum atomic E-state index is -4.48. The Morgan fingerprint density at radius 3 is 2.67 bits per heavy atom. The monoisotopic (exact) mass is 297 g/mol. The molecule has 1 aromatic heterocycles. The van der Waals surface area contributed by atoms with Crippen molar-refractivity contribution in [3.8, 4) is 11.6 Å². The molecular formula is C14H14F3N3O. The smallest absolute Gasteiger partial charge is 0.419 e. The van der Waals surface area contributed by atoms with Crippen molar-refractivity contribution in [3.63, 3.8) is 0 Å². The zero-order valence-corrected chi connectivity index (χ0v) is 11.3. The van der Waals surface area contributed by atoms with Gasteiger partial charge in [-0.3, -0.25) is 4.98 Å². The molecule has 0 saturated carbocycles. The number of halogens is 3. The first-order chi connectivity index (χ1) is 10.0. The molecule has 0 spiro atoms. The summed E-state index contributed by atoms with van der Waals surface area (Å²) in [5, 5.41) is 3.05. The van der Waals surface area contributed by atoms with Gasteiger partial charge in [0.25, 0.3) is 0 Å². The molecule has 0 aliphatic rings. The molecule has 2 aromatic rings. The summed E-state index contributed by atoms with van der Waals surface area (Å²) in [7, 11) is 0. The standard InChI is InChI=1S/C14H14F3N3O/c1-2-18-7-10-8-19-9-13(20-10)21-12-6-4-3-5-11(12)14(15,16)17/h3-6,8-9,18H,2,7H2,1H3. The lowest BCUT2D eigenvalue weighted by Gasteiger charge is -2.13. The first-order valence-electron chi connectivity index (χ1n) is 6.36. The van der Waals surface area contributed by atoms with Gasteiger partial charge in [-0.1, -0.05) is 19.1 Å². The molecule has 0 aliphatic carbocycles. The quantitative estimate of drug-likeness (QED) is 0.919. The topological polar surface area (TPSA) is 47.0 Å². The summed E-state index contributed by atoms with van der Waals surface area (Å²) in [5.41, 5.74) is -0.247. The SMILES string of the molecule is CCNCc1cncc(Oc2ccccc2C(F)(F)F)n1. The van der Waals surface area contributed by atoms with Gasteiger partial charge in [0.05, 0.1) is 17.5 Å². The molecule has 0 bridgehead atoms. The van der Waals surface area contributed by atoms with Crippen LogP contribution >= 0.6 is 0 Å². The number of ether oxygens (including phenoxy) is 1. The number of benzene rings is 1. The maximum absolute atomic E-state index is 12.9. The van der Waals surface area contributed by atoms with Crippen LogP contribution in [-0.2, 0) is 12.7 Å². The third kappa shape index (κ3) is 4.16. The molecule has 112 valence electrons. The summed E-state index contributed by atoms with van der Waals surface area (Å²) < 4.78 is 43.8. The minimum absolute atomic E-state index is 0.0297. The second kappa shape index (κ2) is 6.53. The molecule has 1 aromatic carbocycles. The average molecular weight is 297 g/mol. The molecule has 0 radical (unpaired) electrons. The Hall–Kier alpha value is -2.15. The number of rotatable bonds is 5. The van der Waals surface area contributed by atoms with E-state index in [4.69, 9.17) is 4.74 Å².